The number of aromatic hydroxyl groups is 1. The third-order valence-electron chi connectivity index (χ3n) is 4.65. The molecule has 0 radical (unpaired) electrons. The molecule has 0 aliphatic carbocycles. The molecule has 2 rings (SSSR count). The van der Waals surface area contributed by atoms with Crippen LogP contribution in [0.25, 0.3) is 0 Å². The van der Waals surface area contributed by atoms with Gasteiger partial charge in [-0.25, -0.2) is 4.79 Å². The Labute approximate surface area is 212 Å². The second kappa shape index (κ2) is 12.7. The van der Waals surface area contributed by atoms with Gasteiger partial charge in [0.05, 0.1) is 41.6 Å². The highest BCUT2D eigenvalue weighted by Crippen LogP contribution is 2.43. The maximum absolute atomic E-state index is 11.8. The number of rotatable bonds is 10. The maximum Gasteiger partial charge on any atom is 0.396 e. The van der Waals surface area contributed by atoms with E-state index in [9.17, 15) is 19.5 Å². The van der Waals surface area contributed by atoms with Gasteiger partial charge in [0.1, 0.15) is 16.5 Å². The molecule has 8 nitrogen and oxygen atoms in total. The summed E-state index contributed by atoms with van der Waals surface area (Å²) < 4.78 is 15.8. The van der Waals surface area contributed by atoms with Crippen molar-refractivity contribution in [2.75, 3.05) is 25.6 Å². The van der Waals surface area contributed by atoms with Crippen LogP contribution < -0.4 is 14.8 Å². The van der Waals surface area contributed by atoms with Crippen molar-refractivity contribution in [3.8, 4) is 17.2 Å². The van der Waals surface area contributed by atoms with Crippen molar-refractivity contribution in [1.29, 1.82) is 0 Å². The smallest absolute Gasteiger partial charge is 0.396 e. The molecule has 0 unspecified atom stereocenters. The Hall–Kier alpha value is -2.68. The minimum absolute atomic E-state index is 0.0141. The Morgan fingerprint density at radius 2 is 1.74 bits per heavy atom. The molecule has 184 valence electrons. The Bertz CT molecular complexity index is 1090. The molecule has 2 N–H and O–H groups in total. The van der Waals surface area contributed by atoms with Crippen molar-refractivity contribution in [1.82, 2.24) is 0 Å². The monoisotopic (exact) mass is 531 g/mol. The van der Waals surface area contributed by atoms with Crippen LogP contribution >= 0.6 is 34.8 Å². The number of ether oxygens (including phenoxy) is 3. The van der Waals surface area contributed by atoms with Crippen molar-refractivity contribution in [2.45, 2.75) is 33.1 Å². The fourth-order valence-electron chi connectivity index (χ4n) is 3.02. The van der Waals surface area contributed by atoms with Gasteiger partial charge in [0, 0.05) is 12.0 Å². The van der Waals surface area contributed by atoms with Gasteiger partial charge in [0.2, 0.25) is 0 Å². The quantitative estimate of drug-likeness (QED) is 0.181. The van der Waals surface area contributed by atoms with E-state index in [4.69, 9.17) is 44.3 Å². The summed E-state index contributed by atoms with van der Waals surface area (Å²) in [6, 6.07) is 4.51. The third kappa shape index (κ3) is 6.68. The number of carbonyl (C=O) groups is 3. The number of phenolic OH excluding ortho intramolecular Hbond substituents is 1. The van der Waals surface area contributed by atoms with Crippen molar-refractivity contribution >= 4 is 58.1 Å². The first-order chi connectivity index (χ1) is 16.1. The highest BCUT2D eigenvalue weighted by atomic mass is 35.5. The number of anilines is 1. The molecule has 0 spiro atoms. The van der Waals surface area contributed by atoms with Crippen LogP contribution in [-0.2, 0) is 20.7 Å². The fraction of sp³-hybridized carbons (Fsp3) is 0.348. The van der Waals surface area contributed by atoms with Gasteiger partial charge < -0.3 is 24.6 Å². The Balaban J connectivity index is 2.05. The van der Waals surface area contributed by atoms with E-state index in [1.807, 2.05) is 6.92 Å². The van der Waals surface area contributed by atoms with E-state index in [1.54, 1.807) is 6.07 Å². The third-order valence-corrected chi connectivity index (χ3v) is 5.59. The lowest BCUT2D eigenvalue weighted by molar-refractivity contribution is -0.150. The summed E-state index contributed by atoms with van der Waals surface area (Å²) in [6.45, 7) is 3.73. The van der Waals surface area contributed by atoms with Gasteiger partial charge in [-0.1, -0.05) is 48.1 Å². The molecule has 0 atom stereocenters. The number of halogens is 3. The van der Waals surface area contributed by atoms with Gasteiger partial charge in [-0.15, -0.1) is 0 Å². The number of hydrogen-bond donors (Lipinski definition) is 2. The molecule has 2 aromatic carbocycles. The molecule has 1 amide bonds. The lowest BCUT2D eigenvalue weighted by Crippen LogP contribution is -2.24. The van der Waals surface area contributed by atoms with Gasteiger partial charge in [-0.2, -0.15) is 0 Å². The molecular weight excluding hydrogens is 509 g/mol. The average molecular weight is 533 g/mol. The van der Waals surface area contributed by atoms with Crippen molar-refractivity contribution in [2.24, 2.45) is 0 Å². The first-order valence-corrected chi connectivity index (χ1v) is 11.4. The molecule has 0 heterocycles. The largest absolute Gasteiger partial charge is 0.507 e. The normalized spacial score (nSPS) is 10.5. The van der Waals surface area contributed by atoms with E-state index in [0.29, 0.717) is 24.2 Å². The number of carbonyl (C=O) groups excluding carboxylic acids is 3. The lowest BCUT2D eigenvalue weighted by atomic mass is 10.0. The van der Waals surface area contributed by atoms with Crippen LogP contribution in [0.2, 0.25) is 15.1 Å². The zero-order valence-electron chi connectivity index (χ0n) is 18.8. The highest BCUT2D eigenvalue weighted by Gasteiger charge is 2.22. The van der Waals surface area contributed by atoms with Gasteiger partial charge >= 0.3 is 11.9 Å². The summed E-state index contributed by atoms with van der Waals surface area (Å²) in [4.78, 5) is 34.9. The molecule has 0 aromatic heterocycles. The van der Waals surface area contributed by atoms with Crippen molar-refractivity contribution in [3.63, 3.8) is 0 Å². The van der Waals surface area contributed by atoms with Crippen LogP contribution in [0, 0.1) is 0 Å². The maximum atomic E-state index is 11.8. The number of phenols is 1. The summed E-state index contributed by atoms with van der Waals surface area (Å²) in [5.41, 5.74) is 0.784. The molecule has 0 aliphatic heterocycles. The van der Waals surface area contributed by atoms with Crippen LogP contribution in [-0.4, -0.2) is 43.1 Å². The number of esters is 1. The number of hydrogen-bond acceptors (Lipinski definition) is 7. The molecule has 11 heteroatoms. The Kier molecular flexibility index (Phi) is 10.3. The Morgan fingerprint density at radius 3 is 2.35 bits per heavy atom. The molecule has 0 bridgehead atoms. The van der Waals surface area contributed by atoms with Crippen LogP contribution in [0.15, 0.2) is 18.2 Å². The topological polar surface area (TPSA) is 111 Å². The van der Waals surface area contributed by atoms with Crippen LogP contribution in [0.5, 0.6) is 17.2 Å². The number of amides is 1. The molecule has 0 fully saturated rings. The van der Waals surface area contributed by atoms with E-state index >= 15 is 0 Å². The van der Waals surface area contributed by atoms with Crippen molar-refractivity contribution in [3.05, 3.63) is 44.4 Å². The number of nitrogens with one attached hydrogen (secondary N) is 1. The summed E-state index contributed by atoms with van der Waals surface area (Å²) in [6.07, 6.45) is 1.73. The second-order valence-electron chi connectivity index (χ2n) is 7.10. The zero-order valence-corrected chi connectivity index (χ0v) is 21.1. The second-order valence-corrected chi connectivity index (χ2v) is 8.29. The number of ketones is 1. The predicted molar refractivity (Wildman–Crippen MR) is 130 cm³/mol. The SMILES string of the molecule is CCCc1c(OCCCOc2c(Cl)cc(Cl)c(NC(=O)C(=O)OC)c2Cl)ccc(C(C)=O)c1O. The molecule has 0 saturated carbocycles. The fourth-order valence-corrected chi connectivity index (χ4v) is 3.99. The number of benzene rings is 2. The van der Waals surface area contributed by atoms with E-state index in [2.05, 4.69) is 10.1 Å². The van der Waals surface area contributed by atoms with Crippen LogP contribution in [0.1, 0.15) is 42.6 Å². The van der Waals surface area contributed by atoms with Gasteiger partial charge in [-0.3, -0.25) is 9.59 Å². The van der Waals surface area contributed by atoms with E-state index < -0.39 is 11.9 Å². The summed E-state index contributed by atoms with van der Waals surface area (Å²) >= 11 is 18.5. The molecular formula is C23H24Cl3NO7. The first-order valence-electron chi connectivity index (χ1n) is 10.3. The van der Waals surface area contributed by atoms with Crippen molar-refractivity contribution < 1.29 is 33.7 Å². The summed E-state index contributed by atoms with van der Waals surface area (Å²) in [5, 5.41) is 12.7. The highest BCUT2D eigenvalue weighted by molar-refractivity contribution is 6.46. The summed E-state index contributed by atoms with van der Waals surface area (Å²) in [5.74, 6) is -1.91. The Morgan fingerprint density at radius 1 is 1.06 bits per heavy atom. The standard InChI is InChI=1S/C23H24Cl3NO7/c1-4-6-14-17(8-7-13(12(2)28)20(14)29)33-9-5-10-34-21-16(25)11-15(24)19(18(21)26)27-22(30)23(31)32-3/h7-8,11,29H,4-6,9-10H2,1-3H3,(H,27,30). The van der Waals surface area contributed by atoms with E-state index in [-0.39, 0.29) is 56.8 Å². The zero-order chi connectivity index (χ0) is 25.4. The summed E-state index contributed by atoms with van der Waals surface area (Å²) in [7, 11) is 1.06. The first kappa shape index (κ1) is 27.6. The van der Waals surface area contributed by atoms with E-state index in [1.165, 1.54) is 19.1 Å². The lowest BCUT2D eigenvalue weighted by Gasteiger charge is -2.16. The minimum atomic E-state index is -1.12. The molecule has 34 heavy (non-hydrogen) atoms. The molecule has 0 aliphatic rings. The number of methoxy groups -OCH3 is 1. The average Bonchev–Trinajstić information content (AvgIpc) is 2.79. The van der Waals surface area contributed by atoms with E-state index in [0.717, 1.165) is 13.5 Å². The van der Waals surface area contributed by atoms with Crippen LogP contribution in [0.4, 0.5) is 5.69 Å². The van der Waals surface area contributed by atoms with Gasteiger partial charge in [-0.05, 0) is 31.5 Å². The van der Waals surface area contributed by atoms with Gasteiger partial charge in [0.15, 0.2) is 11.5 Å². The van der Waals surface area contributed by atoms with Gasteiger partial charge in [0.25, 0.3) is 0 Å². The predicted octanol–water partition coefficient (Wildman–Crippen LogP) is 5.47. The molecule has 0 saturated heterocycles. The van der Waals surface area contributed by atoms with Crippen LogP contribution in [0.3, 0.4) is 0 Å². The number of Topliss-reactive ketones (excluding diaryl/α,β-unsaturated/α-hetero) is 1. The molecule has 2 aromatic rings. The minimum Gasteiger partial charge on any atom is -0.507 e.